The lowest BCUT2D eigenvalue weighted by Crippen LogP contribution is -2.04. The third-order valence-electron chi connectivity index (χ3n) is 4.81. The summed E-state index contributed by atoms with van der Waals surface area (Å²) >= 11 is 0. The first kappa shape index (κ1) is 19.5. The Morgan fingerprint density at radius 2 is 1.72 bits per heavy atom. The minimum Gasteiger partial charge on any atom is -0.464 e. The van der Waals surface area contributed by atoms with Crippen LogP contribution in [0.3, 0.4) is 0 Å². The highest BCUT2D eigenvalue weighted by molar-refractivity contribution is 5.91. The summed E-state index contributed by atoms with van der Waals surface area (Å²) < 4.78 is 5.41. The average Bonchev–Trinajstić information content (AvgIpc) is 2.60. The van der Waals surface area contributed by atoms with Crippen molar-refractivity contribution in [3.05, 3.63) is 23.8 Å². The Hall–Kier alpha value is -1.84. The molecular weight excluding hydrogens is 310 g/mol. The highest BCUT2D eigenvalue weighted by atomic mass is 16.5. The number of hydrogen-bond acceptors (Lipinski definition) is 4. The number of fused-ring (bicyclic) bond motifs is 1. The molecule has 0 aliphatic heterocycles. The average molecular weight is 344 g/mol. The van der Waals surface area contributed by atoms with Crippen LogP contribution in [-0.4, -0.2) is 16.6 Å². The first-order chi connectivity index (χ1) is 12.2. The smallest absolute Gasteiger partial charge is 0.318 e. The molecule has 0 saturated carbocycles. The van der Waals surface area contributed by atoms with Crippen molar-refractivity contribution in [2.45, 2.75) is 78.1 Å². The van der Waals surface area contributed by atoms with Gasteiger partial charge < -0.3 is 10.5 Å². The molecular formula is C21H33N3O. The van der Waals surface area contributed by atoms with Crippen LogP contribution >= 0.6 is 0 Å². The summed E-state index contributed by atoms with van der Waals surface area (Å²) in [5, 5.41) is 0.987. The van der Waals surface area contributed by atoms with Crippen molar-refractivity contribution in [2.75, 3.05) is 12.3 Å². The van der Waals surface area contributed by atoms with Gasteiger partial charge in [-0.05, 0) is 30.9 Å². The number of ether oxygens (including phenoxy) is 1. The Kier molecular flexibility index (Phi) is 7.96. The van der Waals surface area contributed by atoms with Gasteiger partial charge >= 0.3 is 6.01 Å². The van der Waals surface area contributed by atoms with Gasteiger partial charge in [-0.2, -0.15) is 9.97 Å². The fourth-order valence-corrected chi connectivity index (χ4v) is 3.38. The van der Waals surface area contributed by atoms with Gasteiger partial charge in [-0.3, -0.25) is 0 Å². The second-order valence-corrected chi connectivity index (χ2v) is 6.88. The molecule has 0 bridgehead atoms. The third-order valence-corrected chi connectivity index (χ3v) is 4.81. The molecule has 2 aromatic rings. The second-order valence-electron chi connectivity index (χ2n) is 6.88. The molecule has 4 heteroatoms. The van der Waals surface area contributed by atoms with Crippen LogP contribution in [0, 0.1) is 0 Å². The number of unbranched alkanes of at least 4 members (excludes halogenated alkanes) is 6. The standard InChI is InChI=1S/C21H33N3O/c1-4-6-7-8-9-10-11-13-16(3)17-14-12-15-18-19(17)20(22)24-21(23-18)25-5-2/h12,14-16H,4-11,13H2,1-3H3,(H2,22,23,24). The molecule has 25 heavy (non-hydrogen) atoms. The summed E-state index contributed by atoms with van der Waals surface area (Å²) in [4.78, 5) is 8.81. The van der Waals surface area contributed by atoms with E-state index in [1.165, 1.54) is 56.9 Å². The van der Waals surface area contributed by atoms with Gasteiger partial charge in [0, 0.05) is 5.39 Å². The third kappa shape index (κ3) is 5.58. The molecule has 0 spiro atoms. The quantitative estimate of drug-likeness (QED) is 0.519. The zero-order valence-electron chi connectivity index (χ0n) is 16.1. The van der Waals surface area contributed by atoms with Crippen LogP contribution in [0.2, 0.25) is 0 Å². The largest absolute Gasteiger partial charge is 0.464 e. The van der Waals surface area contributed by atoms with Crippen LogP contribution < -0.4 is 10.5 Å². The van der Waals surface area contributed by atoms with Crippen molar-refractivity contribution in [1.82, 2.24) is 9.97 Å². The van der Waals surface area contributed by atoms with E-state index in [1.807, 2.05) is 13.0 Å². The molecule has 2 N–H and O–H groups in total. The first-order valence-electron chi connectivity index (χ1n) is 9.86. The summed E-state index contributed by atoms with van der Waals surface area (Å²) in [7, 11) is 0. The molecule has 1 atom stereocenters. The number of aromatic nitrogens is 2. The Balaban J connectivity index is 1.99. The van der Waals surface area contributed by atoms with Crippen LogP contribution in [-0.2, 0) is 0 Å². The van der Waals surface area contributed by atoms with Gasteiger partial charge in [0.05, 0.1) is 12.1 Å². The summed E-state index contributed by atoms with van der Waals surface area (Å²) in [6.45, 7) is 7.00. The molecule has 0 fully saturated rings. The van der Waals surface area contributed by atoms with Crippen LogP contribution in [0.25, 0.3) is 10.9 Å². The van der Waals surface area contributed by atoms with E-state index in [1.54, 1.807) is 0 Å². The molecule has 4 nitrogen and oxygen atoms in total. The van der Waals surface area contributed by atoms with Crippen molar-refractivity contribution >= 4 is 16.7 Å². The lowest BCUT2D eigenvalue weighted by atomic mass is 9.92. The number of benzene rings is 1. The molecule has 0 amide bonds. The van der Waals surface area contributed by atoms with Crippen molar-refractivity contribution in [3.63, 3.8) is 0 Å². The minimum absolute atomic E-state index is 0.365. The molecule has 1 heterocycles. The van der Waals surface area contributed by atoms with Gasteiger partial charge in [0.25, 0.3) is 0 Å². The van der Waals surface area contributed by atoms with E-state index in [2.05, 4.69) is 35.9 Å². The molecule has 0 aliphatic rings. The van der Waals surface area contributed by atoms with Crippen LogP contribution in [0.4, 0.5) is 5.82 Å². The fourth-order valence-electron chi connectivity index (χ4n) is 3.38. The Bertz CT molecular complexity index is 657. The Morgan fingerprint density at radius 3 is 2.44 bits per heavy atom. The summed E-state index contributed by atoms with van der Waals surface area (Å²) in [5.74, 6) is 0.985. The molecule has 1 aromatic carbocycles. The van der Waals surface area contributed by atoms with E-state index in [9.17, 15) is 0 Å². The number of nitrogen functional groups attached to an aromatic ring is 1. The van der Waals surface area contributed by atoms with E-state index in [4.69, 9.17) is 10.5 Å². The maximum absolute atomic E-state index is 6.22. The molecule has 1 aromatic heterocycles. The van der Waals surface area contributed by atoms with E-state index < -0.39 is 0 Å². The first-order valence-corrected chi connectivity index (χ1v) is 9.86. The van der Waals surface area contributed by atoms with Gasteiger partial charge in [0.15, 0.2) is 0 Å². The molecule has 0 aliphatic carbocycles. The van der Waals surface area contributed by atoms with Crippen molar-refractivity contribution < 1.29 is 4.74 Å². The lowest BCUT2D eigenvalue weighted by Gasteiger charge is -2.16. The van der Waals surface area contributed by atoms with Gasteiger partial charge in [0.2, 0.25) is 0 Å². The van der Waals surface area contributed by atoms with Crippen molar-refractivity contribution in [3.8, 4) is 6.01 Å². The van der Waals surface area contributed by atoms with Gasteiger partial charge in [-0.1, -0.05) is 70.9 Å². The summed E-state index contributed by atoms with van der Waals surface area (Å²) in [5.41, 5.74) is 8.35. The summed E-state index contributed by atoms with van der Waals surface area (Å²) in [6.07, 6.45) is 10.6. The van der Waals surface area contributed by atoms with Gasteiger partial charge in [0.1, 0.15) is 5.82 Å². The van der Waals surface area contributed by atoms with Gasteiger partial charge in [-0.15, -0.1) is 0 Å². The highest BCUT2D eigenvalue weighted by Crippen LogP contribution is 2.32. The van der Waals surface area contributed by atoms with Crippen molar-refractivity contribution in [1.29, 1.82) is 0 Å². The SMILES string of the molecule is CCCCCCCCCC(C)c1cccc2nc(OCC)nc(N)c12. The van der Waals surface area contributed by atoms with Crippen LogP contribution in [0.15, 0.2) is 18.2 Å². The van der Waals surface area contributed by atoms with E-state index in [0.29, 0.717) is 24.4 Å². The van der Waals surface area contributed by atoms with E-state index >= 15 is 0 Å². The number of rotatable bonds is 11. The normalized spacial score (nSPS) is 12.4. The Morgan fingerprint density at radius 1 is 1.00 bits per heavy atom. The van der Waals surface area contributed by atoms with Gasteiger partial charge in [-0.25, -0.2) is 0 Å². The molecule has 1 unspecified atom stereocenters. The van der Waals surface area contributed by atoms with E-state index in [0.717, 1.165) is 10.9 Å². The fraction of sp³-hybridized carbons (Fsp3) is 0.619. The number of nitrogens with zero attached hydrogens (tertiary/aromatic N) is 2. The molecule has 138 valence electrons. The number of anilines is 1. The maximum Gasteiger partial charge on any atom is 0.318 e. The van der Waals surface area contributed by atoms with E-state index in [-0.39, 0.29) is 0 Å². The maximum atomic E-state index is 6.22. The zero-order chi connectivity index (χ0) is 18.1. The zero-order valence-corrected chi connectivity index (χ0v) is 16.1. The van der Waals surface area contributed by atoms with Crippen LogP contribution in [0.5, 0.6) is 6.01 Å². The summed E-state index contributed by atoms with van der Waals surface area (Å²) in [6, 6.07) is 6.57. The topological polar surface area (TPSA) is 61.0 Å². The predicted octanol–water partition coefficient (Wildman–Crippen LogP) is 5.85. The minimum atomic E-state index is 0.365. The monoisotopic (exact) mass is 343 g/mol. The second kappa shape index (κ2) is 10.2. The molecule has 2 rings (SSSR count). The van der Waals surface area contributed by atoms with Crippen LogP contribution in [0.1, 0.15) is 83.6 Å². The van der Waals surface area contributed by atoms with Crippen molar-refractivity contribution in [2.24, 2.45) is 0 Å². The molecule has 0 saturated heterocycles. The number of hydrogen-bond donors (Lipinski definition) is 1. The number of nitrogens with two attached hydrogens (primary N) is 1. The lowest BCUT2D eigenvalue weighted by molar-refractivity contribution is 0.314. The molecule has 0 radical (unpaired) electrons. The Labute approximate surface area is 152 Å². The highest BCUT2D eigenvalue weighted by Gasteiger charge is 2.14. The predicted molar refractivity (Wildman–Crippen MR) is 106 cm³/mol.